The predicted octanol–water partition coefficient (Wildman–Crippen LogP) is 6.77. The number of aryl methyl sites for hydroxylation is 1. The first-order chi connectivity index (χ1) is 13.8. The number of hydrogen-bond acceptors (Lipinski definition) is 1. The van der Waals surface area contributed by atoms with Gasteiger partial charge in [-0.2, -0.15) is 0 Å². The van der Waals surface area contributed by atoms with E-state index in [2.05, 4.69) is 102 Å². The Bertz CT molecular complexity index is 1520. The van der Waals surface area contributed by atoms with E-state index in [1.54, 1.807) is 0 Å². The van der Waals surface area contributed by atoms with E-state index >= 15 is 0 Å². The number of nitrogens with zero attached hydrogens (tertiary/aromatic N) is 2. The zero-order chi connectivity index (χ0) is 18.7. The molecular formula is C26H18N2. The van der Waals surface area contributed by atoms with Crippen LogP contribution >= 0.6 is 0 Å². The molecule has 0 saturated carbocycles. The van der Waals surface area contributed by atoms with E-state index in [9.17, 15) is 0 Å². The van der Waals surface area contributed by atoms with Crippen molar-refractivity contribution in [2.75, 3.05) is 0 Å². The first-order valence-corrected chi connectivity index (χ1v) is 9.57. The van der Waals surface area contributed by atoms with Gasteiger partial charge in [-0.3, -0.25) is 4.40 Å². The molecule has 2 heteroatoms. The molecule has 0 spiro atoms. The minimum atomic E-state index is 0.996. The van der Waals surface area contributed by atoms with Gasteiger partial charge in [-0.25, -0.2) is 4.98 Å². The number of hydrogen-bond donors (Lipinski definition) is 0. The molecule has 132 valence electrons. The topological polar surface area (TPSA) is 17.3 Å². The van der Waals surface area contributed by atoms with Crippen LogP contribution in [0.5, 0.6) is 0 Å². The summed E-state index contributed by atoms with van der Waals surface area (Å²) in [7, 11) is 0. The lowest BCUT2D eigenvalue weighted by molar-refractivity contribution is 1.21. The fourth-order valence-electron chi connectivity index (χ4n) is 4.24. The van der Waals surface area contributed by atoms with E-state index in [1.807, 2.05) is 0 Å². The van der Waals surface area contributed by atoms with Crippen molar-refractivity contribution in [3.8, 4) is 11.1 Å². The minimum Gasteiger partial charge on any atom is -0.300 e. The molecule has 4 aromatic carbocycles. The zero-order valence-corrected chi connectivity index (χ0v) is 15.6. The van der Waals surface area contributed by atoms with Gasteiger partial charge in [0.05, 0.1) is 11.0 Å². The molecule has 0 amide bonds. The Hall–Kier alpha value is -3.65. The molecular weight excluding hydrogens is 340 g/mol. The molecule has 0 bridgehead atoms. The average Bonchev–Trinajstić information content (AvgIpc) is 3.10. The van der Waals surface area contributed by atoms with Crippen molar-refractivity contribution in [2.24, 2.45) is 0 Å². The maximum Gasteiger partial charge on any atom is 0.138 e. The summed E-state index contributed by atoms with van der Waals surface area (Å²) >= 11 is 0. The van der Waals surface area contributed by atoms with Crippen LogP contribution in [0.3, 0.4) is 0 Å². The van der Waals surface area contributed by atoms with Crippen molar-refractivity contribution < 1.29 is 0 Å². The highest BCUT2D eigenvalue weighted by atomic mass is 15.0. The summed E-state index contributed by atoms with van der Waals surface area (Å²) in [6.07, 6.45) is 2.12. The standard InChI is InChI=1S/C26H18N2/c1-17-12-13-28-24-16-23(20-11-10-18-6-2-3-7-19(18)15-20)21-8-4-5-9-22(21)26(24)27-25(28)14-17/h2-16H,1H3. The van der Waals surface area contributed by atoms with Gasteiger partial charge in [0.1, 0.15) is 5.65 Å². The number of imidazole rings is 1. The normalized spacial score (nSPS) is 11.8. The van der Waals surface area contributed by atoms with E-state index in [0.29, 0.717) is 0 Å². The van der Waals surface area contributed by atoms with Crippen LogP contribution in [0.2, 0.25) is 0 Å². The van der Waals surface area contributed by atoms with Crippen molar-refractivity contribution in [1.82, 2.24) is 9.38 Å². The lowest BCUT2D eigenvalue weighted by Gasteiger charge is -2.10. The van der Waals surface area contributed by atoms with Crippen LogP contribution in [0.25, 0.3) is 49.4 Å². The molecule has 0 saturated heterocycles. The van der Waals surface area contributed by atoms with Crippen LogP contribution in [0.1, 0.15) is 5.56 Å². The van der Waals surface area contributed by atoms with Crippen molar-refractivity contribution in [3.05, 3.63) is 96.7 Å². The predicted molar refractivity (Wildman–Crippen MR) is 118 cm³/mol. The summed E-state index contributed by atoms with van der Waals surface area (Å²) in [6.45, 7) is 2.11. The molecule has 0 radical (unpaired) electrons. The second kappa shape index (κ2) is 5.67. The molecule has 2 nitrogen and oxygen atoms in total. The van der Waals surface area contributed by atoms with Gasteiger partial charge in [-0.05, 0) is 64.0 Å². The Balaban J connectivity index is 1.76. The average molecular weight is 358 g/mol. The third-order valence-corrected chi connectivity index (χ3v) is 5.63. The van der Waals surface area contributed by atoms with Crippen molar-refractivity contribution >= 4 is 38.2 Å². The minimum absolute atomic E-state index is 0.996. The summed E-state index contributed by atoms with van der Waals surface area (Å²) < 4.78 is 2.19. The van der Waals surface area contributed by atoms with Crippen LogP contribution in [0.4, 0.5) is 0 Å². The number of pyridine rings is 1. The van der Waals surface area contributed by atoms with Crippen LogP contribution in [-0.2, 0) is 0 Å². The molecule has 2 aromatic heterocycles. The fourth-order valence-corrected chi connectivity index (χ4v) is 4.24. The number of fused-ring (bicyclic) bond motifs is 6. The zero-order valence-electron chi connectivity index (χ0n) is 15.6. The van der Waals surface area contributed by atoms with Gasteiger partial charge in [0.25, 0.3) is 0 Å². The van der Waals surface area contributed by atoms with Crippen molar-refractivity contribution in [1.29, 1.82) is 0 Å². The van der Waals surface area contributed by atoms with Gasteiger partial charge in [0.2, 0.25) is 0 Å². The monoisotopic (exact) mass is 358 g/mol. The molecule has 0 unspecified atom stereocenters. The highest BCUT2D eigenvalue weighted by molar-refractivity contribution is 6.12. The van der Waals surface area contributed by atoms with Gasteiger partial charge in [-0.1, -0.05) is 60.7 Å². The molecule has 6 aromatic rings. The van der Waals surface area contributed by atoms with E-state index < -0.39 is 0 Å². The van der Waals surface area contributed by atoms with E-state index in [0.717, 1.165) is 16.7 Å². The second-order valence-electron chi connectivity index (χ2n) is 7.44. The Morgan fingerprint density at radius 3 is 2.39 bits per heavy atom. The summed E-state index contributed by atoms with van der Waals surface area (Å²) in [5, 5.41) is 4.97. The van der Waals surface area contributed by atoms with Gasteiger partial charge in [0, 0.05) is 11.6 Å². The van der Waals surface area contributed by atoms with Crippen molar-refractivity contribution in [3.63, 3.8) is 0 Å². The maximum atomic E-state index is 4.95. The molecule has 0 atom stereocenters. The molecule has 0 aliphatic heterocycles. The van der Waals surface area contributed by atoms with Gasteiger partial charge < -0.3 is 0 Å². The molecule has 6 rings (SSSR count). The van der Waals surface area contributed by atoms with Gasteiger partial charge >= 0.3 is 0 Å². The quantitative estimate of drug-likeness (QED) is 0.317. The Morgan fingerprint density at radius 1 is 0.714 bits per heavy atom. The SMILES string of the molecule is Cc1ccn2c(c1)nc1c3ccccc3c(-c3ccc4ccccc4c3)cc12. The number of rotatable bonds is 1. The first-order valence-electron chi connectivity index (χ1n) is 9.57. The highest BCUT2D eigenvalue weighted by Gasteiger charge is 2.13. The largest absolute Gasteiger partial charge is 0.300 e. The van der Waals surface area contributed by atoms with E-state index in [-0.39, 0.29) is 0 Å². The van der Waals surface area contributed by atoms with Crippen LogP contribution in [0.15, 0.2) is 91.1 Å². The molecule has 0 aliphatic carbocycles. The molecule has 0 aliphatic rings. The van der Waals surface area contributed by atoms with Crippen molar-refractivity contribution in [2.45, 2.75) is 6.92 Å². The van der Waals surface area contributed by atoms with Crippen LogP contribution in [-0.4, -0.2) is 9.38 Å². The lowest BCUT2D eigenvalue weighted by atomic mass is 9.95. The third kappa shape index (κ3) is 2.18. The summed E-state index contributed by atoms with van der Waals surface area (Å²) in [6, 6.07) is 30.4. The third-order valence-electron chi connectivity index (χ3n) is 5.63. The smallest absolute Gasteiger partial charge is 0.138 e. The van der Waals surface area contributed by atoms with E-state index in [4.69, 9.17) is 4.98 Å². The van der Waals surface area contributed by atoms with Crippen LogP contribution in [0, 0.1) is 6.92 Å². The highest BCUT2D eigenvalue weighted by Crippen LogP contribution is 2.36. The molecule has 28 heavy (non-hydrogen) atoms. The Morgan fingerprint density at radius 2 is 1.50 bits per heavy atom. The summed E-state index contributed by atoms with van der Waals surface area (Å²) in [5.41, 5.74) is 6.91. The second-order valence-corrected chi connectivity index (χ2v) is 7.44. The number of aromatic nitrogens is 2. The van der Waals surface area contributed by atoms with Crippen LogP contribution < -0.4 is 0 Å². The lowest BCUT2D eigenvalue weighted by Crippen LogP contribution is -1.87. The van der Waals surface area contributed by atoms with Gasteiger partial charge in [-0.15, -0.1) is 0 Å². The van der Waals surface area contributed by atoms with Gasteiger partial charge in [0.15, 0.2) is 0 Å². The number of benzene rings is 4. The Kier molecular flexibility index (Phi) is 3.12. The molecule has 2 heterocycles. The maximum absolute atomic E-state index is 4.95. The summed E-state index contributed by atoms with van der Waals surface area (Å²) in [5.74, 6) is 0. The van der Waals surface area contributed by atoms with E-state index in [1.165, 1.54) is 38.2 Å². The molecule has 0 N–H and O–H groups in total. The summed E-state index contributed by atoms with van der Waals surface area (Å²) in [4.78, 5) is 4.95. The molecule has 0 fully saturated rings. The fraction of sp³-hybridized carbons (Fsp3) is 0.0385. The first kappa shape index (κ1) is 15.4. The Labute approximate surface area is 162 Å².